The van der Waals surface area contributed by atoms with Crippen molar-refractivity contribution < 1.29 is 22.7 Å². The van der Waals surface area contributed by atoms with Crippen molar-refractivity contribution in [2.45, 2.75) is 52.1 Å². The Morgan fingerprint density at radius 3 is 2.70 bits per heavy atom. The molecule has 1 unspecified atom stereocenters. The number of benzene rings is 1. The van der Waals surface area contributed by atoms with E-state index < -0.39 is 12.8 Å². The van der Waals surface area contributed by atoms with Gasteiger partial charge in [0.15, 0.2) is 5.96 Å². The van der Waals surface area contributed by atoms with Crippen LogP contribution in [0.3, 0.4) is 0 Å². The summed E-state index contributed by atoms with van der Waals surface area (Å²) in [6.07, 6.45) is -2.96. The summed E-state index contributed by atoms with van der Waals surface area (Å²) in [6, 6.07) is 7.32. The first-order chi connectivity index (χ1) is 13.8. The number of carbonyl (C=O) groups is 1. The molecule has 0 aliphatic carbocycles. The van der Waals surface area contributed by atoms with Gasteiger partial charge < -0.3 is 20.3 Å². The van der Waals surface area contributed by atoms with Gasteiger partial charge in [0.05, 0.1) is 13.2 Å². The number of hydrogen-bond donors (Lipinski definition) is 2. The van der Waals surface area contributed by atoms with E-state index in [1.54, 1.807) is 18.2 Å². The van der Waals surface area contributed by atoms with E-state index in [4.69, 9.17) is 4.74 Å². The summed E-state index contributed by atoms with van der Waals surface area (Å²) in [4.78, 5) is 18.2. The van der Waals surface area contributed by atoms with Crippen molar-refractivity contribution in [1.82, 2.24) is 15.5 Å². The number of alkyl halides is 3. The molecule has 0 bridgehead atoms. The number of halogens is 4. The normalized spacial score (nSPS) is 16.9. The molecule has 2 N–H and O–H groups in total. The van der Waals surface area contributed by atoms with Gasteiger partial charge in [0.1, 0.15) is 6.61 Å². The van der Waals surface area contributed by atoms with Crippen LogP contribution in [0.25, 0.3) is 0 Å². The Kier molecular flexibility index (Phi) is 11.5. The zero-order valence-electron chi connectivity index (χ0n) is 17.3. The van der Waals surface area contributed by atoms with E-state index in [0.717, 1.165) is 18.5 Å². The fraction of sp³-hybridized carbons (Fsp3) is 0.600. The van der Waals surface area contributed by atoms with Crippen LogP contribution in [0, 0.1) is 0 Å². The average Bonchev–Trinajstić information content (AvgIpc) is 3.13. The highest BCUT2D eigenvalue weighted by Crippen LogP contribution is 2.16. The Morgan fingerprint density at radius 2 is 2.03 bits per heavy atom. The minimum absolute atomic E-state index is 0. The molecule has 0 aromatic heterocycles. The Bertz CT molecular complexity index is 701. The van der Waals surface area contributed by atoms with Crippen molar-refractivity contribution >= 4 is 35.8 Å². The maximum Gasteiger partial charge on any atom is 0.411 e. The third-order valence-electron chi connectivity index (χ3n) is 4.47. The molecule has 1 aliphatic rings. The van der Waals surface area contributed by atoms with Crippen LogP contribution in [0.15, 0.2) is 29.3 Å². The Hall–Kier alpha value is -1.56. The second-order valence-electron chi connectivity index (χ2n) is 6.95. The highest BCUT2D eigenvalue weighted by atomic mass is 127. The molecular weight excluding hydrogens is 512 g/mol. The fourth-order valence-electron chi connectivity index (χ4n) is 3.11. The minimum Gasteiger partial charge on any atom is -0.367 e. The first kappa shape index (κ1) is 26.5. The van der Waals surface area contributed by atoms with Crippen LogP contribution < -0.4 is 10.6 Å². The minimum atomic E-state index is -4.33. The van der Waals surface area contributed by atoms with Crippen molar-refractivity contribution in [2.24, 2.45) is 4.99 Å². The quantitative estimate of drug-likeness (QED) is 0.300. The molecule has 1 aromatic rings. The van der Waals surface area contributed by atoms with Crippen molar-refractivity contribution in [3.05, 3.63) is 35.4 Å². The zero-order chi connectivity index (χ0) is 21.3. The summed E-state index contributed by atoms with van der Waals surface area (Å²) in [6.45, 7) is 4.94. The van der Waals surface area contributed by atoms with Crippen LogP contribution in [0.5, 0.6) is 0 Å². The van der Waals surface area contributed by atoms with Crippen molar-refractivity contribution in [3.63, 3.8) is 0 Å². The van der Waals surface area contributed by atoms with Crippen molar-refractivity contribution in [2.75, 3.05) is 26.2 Å². The Balaban J connectivity index is 0.00000450. The molecule has 0 spiro atoms. The summed E-state index contributed by atoms with van der Waals surface area (Å²) >= 11 is 0. The molecule has 10 heteroatoms. The zero-order valence-corrected chi connectivity index (χ0v) is 19.6. The predicted molar refractivity (Wildman–Crippen MR) is 121 cm³/mol. The van der Waals surface area contributed by atoms with Crippen LogP contribution in [-0.4, -0.2) is 55.2 Å². The van der Waals surface area contributed by atoms with Crippen LogP contribution in [0.2, 0.25) is 0 Å². The summed E-state index contributed by atoms with van der Waals surface area (Å²) in [5.74, 6) is 0.808. The lowest BCUT2D eigenvalue weighted by Crippen LogP contribution is -2.45. The lowest BCUT2D eigenvalue weighted by atomic mass is 10.1. The van der Waals surface area contributed by atoms with Gasteiger partial charge in [-0.1, -0.05) is 31.2 Å². The standard InChI is InChI=1S/C20H29F3N4O2.HI/c1-3-18(28)27-9-8-17(12-27)26-19(24-4-2)25-11-15-6-5-7-16(10-15)13-29-14-20(21,22)23;/h5-7,10,17H,3-4,8-9,11-14H2,1-2H3,(H2,24,25,26);1H. The molecule has 2 rings (SSSR count). The highest BCUT2D eigenvalue weighted by molar-refractivity contribution is 14.0. The van der Waals surface area contributed by atoms with Gasteiger partial charge in [0, 0.05) is 32.1 Å². The summed E-state index contributed by atoms with van der Waals surface area (Å²) in [5.41, 5.74) is 1.55. The first-order valence-electron chi connectivity index (χ1n) is 9.85. The van der Waals surface area contributed by atoms with E-state index in [9.17, 15) is 18.0 Å². The largest absolute Gasteiger partial charge is 0.411 e. The molecule has 1 amide bonds. The van der Waals surface area contributed by atoms with Crippen LogP contribution in [0.4, 0.5) is 13.2 Å². The number of nitrogens with one attached hydrogen (secondary N) is 2. The number of carbonyl (C=O) groups excluding carboxylic acids is 1. The second-order valence-corrected chi connectivity index (χ2v) is 6.95. The molecule has 1 saturated heterocycles. The Labute approximate surface area is 192 Å². The van der Waals surface area contributed by atoms with Gasteiger partial charge in [-0.05, 0) is 24.5 Å². The molecule has 170 valence electrons. The molecule has 0 saturated carbocycles. The number of ether oxygens (including phenoxy) is 1. The SMILES string of the molecule is CCNC(=NCc1cccc(COCC(F)(F)F)c1)NC1CCN(C(=O)CC)C1.I. The van der Waals surface area contributed by atoms with E-state index in [1.807, 2.05) is 24.8 Å². The van der Waals surface area contributed by atoms with E-state index in [0.29, 0.717) is 37.6 Å². The smallest absolute Gasteiger partial charge is 0.367 e. The van der Waals surface area contributed by atoms with E-state index in [1.165, 1.54) is 0 Å². The maximum absolute atomic E-state index is 12.2. The van der Waals surface area contributed by atoms with Gasteiger partial charge in [0.2, 0.25) is 5.91 Å². The van der Waals surface area contributed by atoms with Gasteiger partial charge >= 0.3 is 6.18 Å². The molecule has 0 radical (unpaired) electrons. The number of rotatable bonds is 8. The topological polar surface area (TPSA) is 66.0 Å². The monoisotopic (exact) mass is 542 g/mol. The highest BCUT2D eigenvalue weighted by Gasteiger charge is 2.27. The molecule has 1 aliphatic heterocycles. The summed E-state index contributed by atoms with van der Waals surface area (Å²) < 4.78 is 41.3. The van der Waals surface area contributed by atoms with E-state index >= 15 is 0 Å². The molecule has 1 atom stereocenters. The number of hydrogen-bond acceptors (Lipinski definition) is 3. The van der Waals surface area contributed by atoms with Crippen LogP contribution in [0.1, 0.15) is 37.8 Å². The lowest BCUT2D eigenvalue weighted by molar-refractivity contribution is -0.176. The lowest BCUT2D eigenvalue weighted by Gasteiger charge is -2.18. The molecular formula is C20H30F3IN4O2. The number of nitrogens with zero attached hydrogens (tertiary/aromatic N) is 2. The van der Waals surface area contributed by atoms with Crippen molar-refractivity contribution in [1.29, 1.82) is 0 Å². The third-order valence-corrected chi connectivity index (χ3v) is 4.47. The number of amides is 1. The van der Waals surface area contributed by atoms with Gasteiger partial charge in [-0.25, -0.2) is 4.99 Å². The van der Waals surface area contributed by atoms with Gasteiger partial charge in [-0.2, -0.15) is 13.2 Å². The number of aliphatic imine (C=N–C) groups is 1. The molecule has 6 nitrogen and oxygen atoms in total. The maximum atomic E-state index is 12.2. The molecule has 1 aromatic carbocycles. The number of guanidine groups is 1. The third kappa shape index (κ3) is 9.50. The number of likely N-dealkylation sites (tertiary alicyclic amines) is 1. The van der Waals surface area contributed by atoms with Gasteiger partial charge in [-0.15, -0.1) is 24.0 Å². The molecule has 1 fully saturated rings. The van der Waals surface area contributed by atoms with Crippen molar-refractivity contribution in [3.8, 4) is 0 Å². The first-order valence-corrected chi connectivity index (χ1v) is 9.85. The van der Waals surface area contributed by atoms with E-state index in [-0.39, 0.29) is 42.5 Å². The molecule has 1 heterocycles. The van der Waals surface area contributed by atoms with Crippen LogP contribution >= 0.6 is 24.0 Å². The Morgan fingerprint density at radius 1 is 1.30 bits per heavy atom. The van der Waals surface area contributed by atoms with E-state index in [2.05, 4.69) is 15.6 Å². The summed E-state index contributed by atoms with van der Waals surface area (Å²) in [5, 5.41) is 6.55. The second kappa shape index (κ2) is 13.0. The molecule has 30 heavy (non-hydrogen) atoms. The average molecular weight is 542 g/mol. The summed E-state index contributed by atoms with van der Waals surface area (Å²) in [7, 11) is 0. The predicted octanol–water partition coefficient (Wildman–Crippen LogP) is 3.45. The van der Waals surface area contributed by atoms with Gasteiger partial charge in [0.25, 0.3) is 0 Å². The van der Waals surface area contributed by atoms with Gasteiger partial charge in [-0.3, -0.25) is 4.79 Å². The fourth-order valence-corrected chi connectivity index (χ4v) is 3.11. The van der Waals surface area contributed by atoms with Crippen LogP contribution in [-0.2, 0) is 22.7 Å².